The zero-order valence-electron chi connectivity index (χ0n) is 11.0. The minimum absolute atomic E-state index is 0.206. The number of rotatable bonds is 0. The maximum absolute atomic E-state index is 10.4. The number of benzene rings is 1. The molecule has 98 valence electrons. The summed E-state index contributed by atoms with van der Waals surface area (Å²) in [7, 11) is 0. The number of ether oxygens (including phenoxy) is 2. The topological polar surface area (TPSA) is 38.7 Å². The van der Waals surface area contributed by atoms with Crippen LogP contribution in [0.15, 0.2) is 18.2 Å². The van der Waals surface area contributed by atoms with Crippen LogP contribution in [-0.4, -0.2) is 23.4 Å². The number of aliphatic hydroxyl groups excluding tert-OH is 1. The molecule has 18 heavy (non-hydrogen) atoms. The van der Waals surface area contributed by atoms with Crippen LogP contribution in [-0.2, 0) is 4.74 Å². The number of fused-ring (bicyclic) bond motifs is 1. The molecule has 2 aliphatic rings. The summed E-state index contributed by atoms with van der Waals surface area (Å²) in [5.41, 5.74) is 1.85. The molecular weight excluding hydrogens is 228 g/mol. The average molecular weight is 248 g/mol. The summed E-state index contributed by atoms with van der Waals surface area (Å²) in [4.78, 5) is 0. The highest BCUT2D eigenvalue weighted by molar-refractivity contribution is 5.41. The van der Waals surface area contributed by atoms with Crippen LogP contribution < -0.4 is 4.74 Å². The molecule has 3 heteroatoms. The second-order valence-electron chi connectivity index (χ2n) is 5.68. The normalized spacial score (nSPS) is 35.1. The minimum atomic E-state index is -0.418. The summed E-state index contributed by atoms with van der Waals surface area (Å²) in [6.45, 7) is 4.82. The van der Waals surface area contributed by atoms with Gasteiger partial charge in [-0.25, -0.2) is 0 Å². The monoisotopic (exact) mass is 248 g/mol. The second kappa shape index (κ2) is 4.25. The van der Waals surface area contributed by atoms with E-state index in [1.807, 2.05) is 25.1 Å². The van der Waals surface area contributed by atoms with Crippen molar-refractivity contribution in [2.45, 2.75) is 50.9 Å². The summed E-state index contributed by atoms with van der Waals surface area (Å²) >= 11 is 0. The molecule has 1 spiro atoms. The zero-order chi connectivity index (χ0) is 12.8. The molecule has 3 nitrogen and oxygen atoms in total. The summed E-state index contributed by atoms with van der Waals surface area (Å²) in [6, 6.07) is 6.04. The maximum Gasteiger partial charge on any atom is 0.125 e. The summed E-state index contributed by atoms with van der Waals surface area (Å²) in [6.07, 6.45) is 2.19. The van der Waals surface area contributed by atoms with Gasteiger partial charge in [0, 0.05) is 24.8 Å². The van der Waals surface area contributed by atoms with Crippen LogP contribution >= 0.6 is 0 Å². The van der Waals surface area contributed by atoms with Crippen LogP contribution in [0.2, 0.25) is 0 Å². The molecular formula is C15H20O3. The number of aryl methyl sites for hydroxylation is 1. The fourth-order valence-corrected chi connectivity index (χ4v) is 3.17. The quantitative estimate of drug-likeness (QED) is 0.767. The molecule has 0 aromatic heterocycles. The fourth-order valence-electron chi connectivity index (χ4n) is 3.17. The molecule has 0 amide bonds. The number of aliphatic hydroxyl groups is 1. The highest BCUT2D eigenvalue weighted by atomic mass is 16.5. The van der Waals surface area contributed by atoms with Crippen molar-refractivity contribution in [1.29, 1.82) is 0 Å². The molecule has 1 saturated heterocycles. The lowest BCUT2D eigenvalue weighted by molar-refractivity contribution is -0.111. The fraction of sp³-hybridized carbons (Fsp3) is 0.600. The van der Waals surface area contributed by atoms with Gasteiger partial charge in [0.15, 0.2) is 0 Å². The highest BCUT2D eigenvalue weighted by Gasteiger charge is 2.43. The van der Waals surface area contributed by atoms with E-state index in [1.165, 1.54) is 0 Å². The first kappa shape index (κ1) is 12.0. The zero-order valence-corrected chi connectivity index (χ0v) is 11.0. The molecule has 0 aliphatic carbocycles. The molecule has 0 radical (unpaired) electrons. The first-order valence-electron chi connectivity index (χ1n) is 6.67. The smallest absolute Gasteiger partial charge is 0.125 e. The molecule has 1 aromatic rings. The maximum atomic E-state index is 10.4. The van der Waals surface area contributed by atoms with Crippen molar-refractivity contribution in [3.8, 4) is 5.75 Å². The third-order valence-electron chi connectivity index (χ3n) is 4.04. The highest BCUT2D eigenvalue weighted by Crippen LogP contribution is 2.45. The lowest BCUT2D eigenvalue weighted by Gasteiger charge is -2.44. The van der Waals surface area contributed by atoms with Crippen molar-refractivity contribution >= 4 is 0 Å². The van der Waals surface area contributed by atoms with E-state index in [0.717, 1.165) is 36.3 Å². The van der Waals surface area contributed by atoms with Crippen LogP contribution in [0, 0.1) is 6.92 Å². The van der Waals surface area contributed by atoms with E-state index in [0.29, 0.717) is 6.42 Å². The molecule has 2 aliphatic heterocycles. The molecule has 0 bridgehead atoms. The van der Waals surface area contributed by atoms with E-state index in [2.05, 4.69) is 6.92 Å². The van der Waals surface area contributed by atoms with Gasteiger partial charge >= 0.3 is 0 Å². The van der Waals surface area contributed by atoms with Gasteiger partial charge in [0.05, 0.1) is 18.8 Å². The predicted molar refractivity (Wildman–Crippen MR) is 68.8 cm³/mol. The van der Waals surface area contributed by atoms with Crippen molar-refractivity contribution in [2.24, 2.45) is 0 Å². The van der Waals surface area contributed by atoms with Crippen LogP contribution in [0.25, 0.3) is 0 Å². The Bertz CT molecular complexity index is 457. The first-order valence-corrected chi connectivity index (χ1v) is 6.67. The van der Waals surface area contributed by atoms with Gasteiger partial charge in [0.2, 0.25) is 0 Å². The third kappa shape index (κ3) is 2.02. The van der Waals surface area contributed by atoms with Crippen LogP contribution in [0.1, 0.15) is 43.4 Å². The Labute approximate surface area is 108 Å². The standard InChI is InChI=1S/C15H20O3/c1-10-3-4-14-12(7-10)13(16)9-15(18-14)5-6-17-11(2)8-15/h3-4,7,11,13,16H,5-6,8-9H2,1-2H3/t11?,13-,15?/m1/s1. The molecule has 2 unspecified atom stereocenters. The van der Waals surface area contributed by atoms with Crippen molar-refractivity contribution in [3.63, 3.8) is 0 Å². The largest absolute Gasteiger partial charge is 0.487 e. The third-order valence-corrected chi connectivity index (χ3v) is 4.04. The Morgan fingerprint density at radius 3 is 2.94 bits per heavy atom. The van der Waals surface area contributed by atoms with E-state index in [4.69, 9.17) is 9.47 Å². The van der Waals surface area contributed by atoms with Gasteiger partial charge in [-0.1, -0.05) is 11.6 Å². The number of hydrogen-bond acceptors (Lipinski definition) is 3. The van der Waals surface area contributed by atoms with Crippen molar-refractivity contribution in [2.75, 3.05) is 6.61 Å². The SMILES string of the molecule is Cc1ccc2c(c1)[C@H](O)CC1(CCOC(C)C1)O2. The van der Waals surface area contributed by atoms with Crippen molar-refractivity contribution in [3.05, 3.63) is 29.3 Å². The second-order valence-corrected chi connectivity index (χ2v) is 5.68. The van der Waals surface area contributed by atoms with Crippen molar-refractivity contribution in [1.82, 2.24) is 0 Å². The number of hydrogen-bond donors (Lipinski definition) is 1. The Morgan fingerprint density at radius 2 is 2.17 bits per heavy atom. The lowest BCUT2D eigenvalue weighted by Crippen LogP contribution is -2.47. The summed E-state index contributed by atoms with van der Waals surface area (Å²) in [5.74, 6) is 0.841. The molecule has 3 rings (SSSR count). The first-order chi connectivity index (χ1) is 8.58. The molecule has 1 aromatic carbocycles. The van der Waals surface area contributed by atoms with Crippen LogP contribution in [0.3, 0.4) is 0 Å². The van der Waals surface area contributed by atoms with Gasteiger partial charge in [-0.15, -0.1) is 0 Å². The molecule has 2 heterocycles. The molecule has 3 atom stereocenters. The summed E-state index contributed by atoms with van der Waals surface area (Å²) < 4.78 is 11.8. The van der Waals surface area contributed by atoms with Gasteiger partial charge in [-0.3, -0.25) is 0 Å². The van der Waals surface area contributed by atoms with Crippen molar-refractivity contribution < 1.29 is 14.6 Å². The predicted octanol–water partition coefficient (Wildman–Crippen LogP) is 2.75. The van der Waals surface area contributed by atoms with Gasteiger partial charge in [0.25, 0.3) is 0 Å². The minimum Gasteiger partial charge on any atom is -0.487 e. The summed E-state index contributed by atoms with van der Waals surface area (Å²) in [5, 5.41) is 10.4. The van der Waals surface area contributed by atoms with Crippen LogP contribution in [0.5, 0.6) is 5.75 Å². The van der Waals surface area contributed by atoms with Gasteiger partial charge in [0.1, 0.15) is 11.4 Å². The van der Waals surface area contributed by atoms with Crippen LogP contribution in [0.4, 0.5) is 0 Å². The van der Waals surface area contributed by atoms with Gasteiger partial charge < -0.3 is 14.6 Å². The van der Waals surface area contributed by atoms with Gasteiger partial charge in [-0.2, -0.15) is 0 Å². The van der Waals surface area contributed by atoms with E-state index in [-0.39, 0.29) is 11.7 Å². The van der Waals surface area contributed by atoms with E-state index < -0.39 is 6.10 Å². The molecule has 1 fully saturated rings. The van der Waals surface area contributed by atoms with Gasteiger partial charge in [-0.05, 0) is 26.0 Å². The van der Waals surface area contributed by atoms with E-state index in [9.17, 15) is 5.11 Å². The molecule has 1 N–H and O–H groups in total. The Kier molecular flexibility index (Phi) is 2.83. The Balaban J connectivity index is 1.93. The Morgan fingerprint density at radius 1 is 1.33 bits per heavy atom. The molecule has 0 saturated carbocycles. The van der Waals surface area contributed by atoms with E-state index >= 15 is 0 Å². The lowest BCUT2D eigenvalue weighted by atomic mass is 9.81. The Hall–Kier alpha value is -1.06. The van der Waals surface area contributed by atoms with E-state index in [1.54, 1.807) is 0 Å². The average Bonchev–Trinajstić information content (AvgIpc) is 2.30.